The van der Waals surface area contributed by atoms with E-state index in [2.05, 4.69) is 63.8 Å². The van der Waals surface area contributed by atoms with E-state index in [-0.39, 0.29) is 0 Å². The molecule has 1 fully saturated rings. The first-order valence-electron chi connectivity index (χ1n) is 9.52. The zero-order valence-corrected chi connectivity index (χ0v) is 16.1. The summed E-state index contributed by atoms with van der Waals surface area (Å²) in [4.78, 5) is 14.7. The average Bonchev–Trinajstić information content (AvgIpc) is 2.72. The minimum Gasteiger partial charge on any atom is -0.391 e. The Balaban J connectivity index is 1.57. The fourth-order valence-electron chi connectivity index (χ4n) is 3.30. The maximum atomic E-state index is 5.40. The number of hydrogen-bond donors (Lipinski definition) is 0. The lowest BCUT2D eigenvalue weighted by molar-refractivity contribution is 0.173. The predicted octanol–water partition coefficient (Wildman–Crippen LogP) is 3.51. The maximum Gasteiger partial charge on any atom is 0.135 e. The summed E-state index contributed by atoms with van der Waals surface area (Å²) in [7, 11) is 0. The third kappa shape index (κ3) is 5.41. The van der Waals surface area contributed by atoms with Crippen LogP contribution in [0.15, 0.2) is 66.5 Å². The van der Waals surface area contributed by atoms with Crippen LogP contribution < -0.4 is 4.90 Å². The topological polar surface area (TPSA) is 41.0 Å². The standard InChI is InChI=1S/C22H28N4O/c1-3-18-27-24-21(20-9-5-4-8-19(20)2)11-13-25-14-16-26(17-15-25)22-10-6-7-12-23-22/h3-10,12H,1,11,13-18H2,2H3/b24-21+. The minimum absolute atomic E-state index is 0.429. The molecule has 1 aromatic heterocycles. The van der Waals surface area contributed by atoms with Crippen LogP contribution in [0.2, 0.25) is 0 Å². The van der Waals surface area contributed by atoms with Gasteiger partial charge in [0, 0.05) is 50.9 Å². The van der Waals surface area contributed by atoms with Crippen LogP contribution in [0.1, 0.15) is 17.5 Å². The van der Waals surface area contributed by atoms with Crippen molar-refractivity contribution in [1.29, 1.82) is 0 Å². The lowest BCUT2D eigenvalue weighted by Gasteiger charge is -2.35. The van der Waals surface area contributed by atoms with E-state index < -0.39 is 0 Å². The lowest BCUT2D eigenvalue weighted by atomic mass is 10.0. The third-order valence-electron chi connectivity index (χ3n) is 4.83. The lowest BCUT2D eigenvalue weighted by Crippen LogP contribution is -2.47. The van der Waals surface area contributed by atoms with E-state index in [1.807, 2.05) is 18.3 Å². The molecule has 0 radical (unpaired) electrons. The number of pyridine rings is 1. The average molecular weight is 364 g/mol. The van der Waals surface area contributed by atoms with Gasteiger partial charge in [-0.3, -0.25) is 4.90 Å². The van der Waals surface area contributed by atoms with Gasteiger partial charge in [-0.15, -0.1) is 0 Å². The second kappa shape index (κ2) is 9.88. The van der Waals surface area contributed by atoms with Crippen LogP contribution in [0, 0.1) is 6.92 Å². The molecule has 0 spiro atoms. The summed E-state index contributed by atoms with van der Waals surface area (Å²) in [6.07, 6.45) is 4.44. The van der Waals surface area contributed by atoms with E-state index in [1.54, 1.807) is 6.08 Å². The van der Waals surface area contributed by atoms with Crippen LogP contribution in [0.5, 0.6) is 0 Å². The Bertz CT molecular complexity index is 752. The van der Waals surface area contributed by atoms with E-state index in [0.717, 1.165) is 56.2 Å². The van der Waals surface area contributed by atoms with Gasteiger partial charge in [-0.05, 0) is 24.6 Å². The highest BCUT2D eigenvalue weighted by atomic mass is 16.6. The van der Waals surface area contributed by atoms with Gasteiger partial charge in [0.1, 0.15) is 12.4 Å². The smallest absolute Gasteiger partial charge is 0.135 e. The maximum absolute atomic E-state index is 5.40. The van der Waals surface area contributed by atoms with Crippen molar-refractivity contribution in [3.8, 4) is 0 Å². The molecular weight excluding hydrogens is 336 g/mol. The molecule has 0 N–H and O–H groups in total. The highest BCUT2D eigenvalue weighted by molar-refractivity contribution is 6.01. The molecule has 5 heteroatoms. The molecule has 142 valence electrons. The molecule has 1 aliphatic heterocycles. The minimum atomic E-state index is 0.429. The number of aryl methyl sites for hydroxylation is 1. The number of anilines is 1. The first-order chi connectivity index (χ1) is 13.3. The van der Waals surface area contributed by atoms with Gasteiger partial charge in [-0.2, -0.15) is 0 Å². The number of oxime groups is 1. The van der Waals surface area contributed by atoms with Gasteiger partial charge < -0.3 is 9.74 Å². The summed E-state index contributed by atoms with van der Waals surface area (Å²) in [5, 5.41) is 4.39. The molecule has 27 heavy (non-hydrogen) atoms. The van der Waals surface area contributed by atoms with Crippen LogP contribution in [0.3, 0.4) is 0 Å². The van der Waals surface area contributed by atoms with Crippen LogP contribution in [-0.4, -0.2) is 54.9 Å². The zero-order chi connectivity index (χ0) is 18.9. The van der Waals surface area contributed by atoms with Crippen LogP contribution >= 0.6 is 0 Å². The van der Waals surface area contributed by atoms with Crippen molar-refractivity contribution in [3.63, 3.8) is 0 Å². The van der Waals surface area contributed by atoms with Gasteiger partial charge >= 0.3 is 0 Å². The molecule has 0 amide bonds. The van der Waals surface area contributed by atoms with Gasteiger partial charge in [0.05, 0.1) is 5.71 Å². The van der Waals surface area contributed by atoms with Crippen LogP contribution in [0.4, 0.5) is 5.82 Å². The number of rotatable bonds is 8. The highest BCUT2D eigenvalue weighted by Crippen LogP contribution is 2.15. The second-order valence-electron chi connectivity index (χ2n) is 6.70. The summed E-state index contributed by atoms with van der Waals surface area (Å²) in [6, 6.07) is 14.4. The van der Waals surface area contributed by atoms with Gasteiger partial charge in [0.15, 0.2) is 0 Å². The van der Waals surface area contributed by atoms with Crippen LogP contribution in [0.25, 0.3) is 0 Å². The summed E-state index contributed by atoms with van der Waals surface area (Å²) >= 11 is 0. The number of nitrogens with zero attached hydrogens (tertiary/aromatic N) is 4. The molecule has 1 aliphatic rings. The molecule has 0 saturated carbocycles. The van der Waals surface area contributed by atoms with Gasteiger partial charge in [-0.25, -0.2) is 4.98 Å². The van der Waals surface area contributed by atoms with Crippen molar-refractivity contribution in [3.05, 3.63) is 72.4 Å². The summed E-state index contributed by atoms with van der Waals surface area (Å²) in [6.45, 7) is 11.3. The molecule has 2 heterocycles. The van der Waals surface area contributed by atoms with Crippen molar-refractivity contribution < 1.29 is 4.84 Å². The first-order valence-corrected chi connectivity index (χ1v) is 9.52. The van der Waals surface area contributed by atoms with E-state index in [4.69, 9.17) is 4.84 Å². The quantitative estimate of drug-likeness (QED) is 0.311. The zero-order valence-electron chi connectivity index (χ0n) is 16.1. The number of hydrogen-bond acceptors (Lipinski definition) is 5. The molecule has 0 atom stereocenters. The van der Waals surface area contributed by atoms with Crippen molar-refractivity contribution >= 4 is 11.5 Å². The number of piperazine rings is 1. The van der Waals surface area contributed by atoms with Gasteiger partial charge in [-0.1, -0.05) is 48.1 Å². The summed E-state index contributed by atoms with van der Waals surface area (Å²) < 4.78 is 0. The normalized spacial score (nSPS) is 15.6. The SMILES string of the molecule is C=CCO/N=C(\CCN1CCN(c2ccccn2)CC1)c1ccccc1C. The Morgan fingerprint density at radius 3 is 2.63 bits per heavy atom. The fourth-order valence-corrected chi connectivity index (χ4v) is 3.30. The molecule has 1 aromatic carbocycles. The molecule has 2 aromatic rings. The van der Waals surface area contributed by atoms with Crippen LogP contribution in [-0.2, 0) is 4.84 Å². The third-order valence-corrected chi connectivity index (χ3v) is 4.83. The number of benzene rings is 1. The number of aromatic nitrogens is 1. The van der Waals surface area contributed by atoms with E-state index in [9.17, 15) is 0 Å². The molecule has 0 unspecified atom stereocenters. The Labute approximate surface area is 162 Å². The Kier molecular flexibility index (Phi) is 6.99. The largest absolute Gasteiger partial charge is 0.391 e. The fraction of sp³-hybridized carbons (Fsp3) is 0.364. The summed E-state index contributed by atoms with van der Waals surface area (Å²) in [5.74, 6) is 1.07. The van der Waals surface area contributed by atoms with Crippen molar-refractivity contribution in [2.45, 2.75) is 13.3 Å². The van der Waals surface area contributed by atoms with Crippen molar-refractivity contribution in [2.75, 3.05) is 44.2 Å². The molecule has 1 saturated heterocycles. The first kappa shape index (κ1) is 19.1. The van der Waals surface area contributed by atoms with Crippen molar-refractivity contribution in [2.24, 2.45) is 5.16 Å². The molecule has 5 nitrogen and oxygen atoms in total. The Hall–Kier alpha value is -2.66. The van der Waals surface area contributed by atoms with Crippen molar-refractivity contribution in [1.82, 2.24) is 9.88 Å². The summed E-state index contributed by atoms with van der Waals surface area (Å²) in [5.41, 5.74) is 3.38. The molecule has 0 bridgehead atoms. The Morgan fingerprint density at radius 2 is 1.93 bits per heavy atom. The molecule has 0 aliphatic carbocycles. The van der Waals surface area contributed by atoms with Gasteiger partial charge in [0.2, 0.25) is 0 Å². The highest BCUT2D eigenvalue weighted by Gasteiger charge is 2.18. The molecule has 3 rings (SSSR count). The second-order valence-corrected chi connectivity index (χ2v) is 6.70. The van der Waals surface area contributed by atoms with E-state index in [1.165, 1.54) is 5.56 Å². The predicted molar refractivity (Wildman–Crippen MR) is 111 cm³/mol. The Morgan fingerprint density at radius 1 is 1.15 bits per heavy atom. The van der Waals surface area contributed by atoms with Gasteiger partial charge in [0.25, 0.3) is 0 Å². The monoisotopic (exact) mass is 364 g/mol. The van der Waals surface area contributed by atoms with E-state index >= 15 is 0 Å². The molecular formula is C22H28N4O. The van der Waals surface area contributed by atoms with E-state index in [0.29, 0.717) is 6.61 Å².